The summed E-state index contributed by atoms with van der Waals surface area (Å²) in [5.74, 6) is -0.867. The van der Waals surface area contributed by atoms with Gasteiger partial charge in [-0.15, -0.1) is 0 Å². The summed E-state index contributed by atoms with van der Waals surface area (Å²) >= 11 is 0. The van der Waals surface area contributed by atoms with Crippen LogP contribution in [0.1, 0.15) is 42.9 Å². The molecule has 0 bridgehead atoms. The standard InChI is InChI=1S/C18H19F2N/c19-14-8-9-16(20)15(12-14)17(21)18(10-4-5-11-18)13-6-2-1-3-7-13/h1-3,6-9,12,17H,4-5,10-11,21H2. The minimum Gasteiger partial charge on any atom is -0.323 e. The monoisotopic (exact) mass is 287 g/mol. The molecule has 1 unspecified atom stereocenters. The lowest BCUT2D eigenvalue weighted by atomic mass is 9.70. The number of benzene rings is 2. The summed E-state index contributed by atoms with van der Waals surface area (Å²) in [6.07, 6.45) is 3.96. The minimum absolute atomic E-state index is 0.278. The Kier molecular flexibility index (Phi) is 3.77. The summed E-state index contributed by atoms with van der Waals surface area (Å²) in [4.78, 5) is 0. The van der Waals surface area contributed by atoms with E-state index in [1.54, 1.807) is 0 Å². The first-order chi connectivity index (χ1) is 10.1. The molecular formula is C18H19F2N. The zero-order chi connectivity index (χ0) is 14.9. The summed E-state index contributed by atoms with van der Waals surface area (Å²) in [7, 11) is 0. The van der Waals surface area contributed by atoms with Gasteiger partial charge in [-0.2, -0.15) is 0 Å². The van der Waals surface area contributed by atoms with E-state index < -0.39 is 17.7 Å². The topological polar surface area (TPSA) is 26.0 Å². The minimum atomic E-state index is -0.530. The number of hydrogen-bond acceptors (Lipinski definition) is 1. The average molecular weight is 287 g/mol. The molecule has 21 heavy (non-hydrogen) atoms. The van der Waals surface area contributed by atoms with Crippen LogP contribution in [-0.2, 0) is 5.41 Å². The second-order valence-electron chi connectivity index (χ2n) is 5.87. The zero-order valence-electron chi connectivity index (χ0n) is 11.9. The van der Waals surface area contributed by atoms with E-state index in [2.05, 4.69) is 0 Å². The Morgan fingerprint density at radius 1 is 0.952 bits per heavy atom. The molecule has 0 radical (unpaired) electrons. The van der Waals surface area contributed by atoms with Gasteiger partial charge in [-0.05, 0) is 36.6 Å². The Morgan fingerprint density at radius 2 is 1.62 bits per heavy atom. The van der Waals surface area contributed by atoms with E-state index in [-0.39, 0.29) is 11.0 Å². The van der Waals surface area contributed by atoms with Crippen LogP contribution in [0.4, 0.5) is 8.78 Å². The fourth-order valence-electron chi connectivity index (χ4n) is 3.61. The highest BCUT2D eigenvalue weighted by Crippen LogP contribution is 2.48. The molecule has 0 saturated heterocycles. The van der Waals surface area contributed by atoms with Crippen LogP contribution in [0.15, 0.2) is 48.5 Å². The van der Waals surface area contributed by atoms with E-state index in [1.165, 1.54) is 6.07 Å². The van der Waals surface area contributed by atoms with Crippen LogP contribution in [0, 0.1) is 11.6 Å². The van der Waals surface area contributed by atoms with Crippen molar-refractivity contribution in [1.29, 1.82) is 0 Å². The van der Waals surface area contributed by atoms with E-state index in [1.807, 2.05) is 30.3 Å². The smallest absolute Gasteiger partial charge is 0.128 e. The number of nitrogens with two attached hydrogens (primary N) is 1. The van der Waals surface area contributed by atoms with Gasteiger partial charge in [0.25, 0.3) is 0 Å². The van der Waals surface area contributed by atoms with E-state index in [9.17, 15) is 8.78 Å². The van der Waals surface area contributed by atoms with Crippen molar-refractivity contribution in [3.05, 3.63) is 71.3 Å². The highest BCUT2D eigenvalue weighted by atomic mass is 19.1. The largest absolute Gasteiger partial charge is 0.323 e. The summed E-state index contributed by atoms with van der Waals surface area (Å²) in [5, 5.41) is 0. The highest BCUT2D eigenvalue weighted by molar-refractivity contribution is 5.35. The lowest BCUT2D eigenvalue weighted by Gasteiger charge is -2.36. The van der Waals surface area contributed by atoms with Gasteiger partial charge in [0.1, 0.15) is 11.6 Å². The van der Waals surface area contributed by atoms with E-state index in [0.717, 1.165) is 43.4 Å². The van der Waals surface area contributed by atoms with E-state index >= 15 is 0 Å². The third-order valence-corrected chi connectivity index (χ3v) is 4.73. The van der Waals surface area contributed by atoms with Crippen LogP contribution in [0.25, 0.3) is 0 Å². The number of hydrogen-bond donors (Lipinski definition) is 1. The molecule has 110 valence electrons. The molecule has 0 amide bonds. The van der Waals surface area contributed by atoms with Crippen molar-refractivity contribution in [2.45, 2.75) is 37.1 Å². The van der Waals surface area contributed by atoms with Crippen molar-refractivity contribution < 1.29 is 8.78 Å². The molecule has 0 aromatic heterocycles. The highest BCUT2D eigenvalue weighted by Gasteiger charge is 2.42. The first-order valence-corrected chi connectivity index (χ1v) is 7.39. The van der Waals surface area contributed by atoms with Crippen molar-refractivity contribution in [3.8, 4) is 0 Å². The molecule has 0 heterocycles. The van der Waals surface area contributed by atoms with Crippen LogP contribution < -0.4 is 5.73 Å². The predicted molar refractivity (Wildman–Crippen MR) is 79.9 cm³/mol. The van der Waals surface area contributed by atoms with Gasteiger partial charge in [0, 0.05) is 17.0 Å². The molecule has 2 aromatic rings. The van der Waals surface area contributed by atoms with Crippen LogP contribution in [-0.4, -0.2) is 0 Å². The third kappa shape index (κ3) is 2.46. The van der Waals surface area contributed by atoms with Crippen LogP contribution >= 0.6 is 0 Å². The summed E-state index contributed by atoms with van der Waals surface area (Å²) in [6.45, 7) is 0. The first-order valence-electron chi connectivity index (χ1n) is 7.39. The Morgan fingerprint density at radius 3 is 2.29 bits per heavy atom. The summed E-state index contributed by atoms with van der Waals surface area (Å²) in [5.41, 5.74) is 7.54. The van der Waals surface area contributed by atoms with Gasteiger partial charge in [0.2, 0.25) is 0 Å². The molecule has 1 atom stereocenters. The molecule has 1 saturated carbocycles. The van der Waals surface area contributed by atoms with E-state index in [0.29, 0.717) is 0 Å². The molecule has 3 heteroatoms. The number of rotatable bonds is 3. The lowest BCUT2D eigenvalue weighted by molar-refractivity contribution is 0.347. The second kappa shape index (κ2) is 5.57. The van der Waals surface area contributed by atoms with Gasteiger partial charge < -0.3 is 5.73 Å². The SMILES string of the molecule is NC(c1cc(F)ccc1F)C1(c2ccccc2)CCCC1. The van der Waals surface area contributed by atoms with Crippen LogP contribution in [0.2, 0.25) is 0 Å². The van der Waals surface area contributed by atoms with Gasteiger partial charge in [0.05, 0.1) is 0 Å². The van der Waals surface area contributed by atoms with Crippen molar-refractivity contribution in [1.82, 2.24) is 0 Å². The maximum Gasteiger partial charge on any atom is 0.128 e. The summed E-state index contributed by atoms with van der Waals surface area (Å²) in [6, 6.07) is 13.0. The molecule has 1 nitrogen and oxygen atoms in total. The normalized spacial score (nSPS) is 18.6. The molecule has 1 aliphatic carbocycles. The average Bonchev–Trinajstić information content (AvgIpc) is 3.01. The molecule has 0 spiro atoms. The Labute approximate surface area is 123 Å². The summed E-state index contributed by atoms with van der Waals surface area (Å²) < 4.78 is 27.6. The molecule has 2 aromatic carbocycles. The van der Waals surface area contributed by atoms with Gasteiger partial charge in [0.15, 0.2) is 0 Å². The quantitative estimate of drug-likeness (QED) is 0.885. The van der Waals surface area contributed by atoms with Crippen molar-refractivity contribution >= 4 is 0 Å². The molecule has 1 fully saturated rings. The molecule has 3 rings (SSSR count). The maximum absolute atomic E-state index is 14.1. The first kappa shape index (κ1) is 14.2. The predicted octanol–water partition coefficient (Wildman–Crippen LogP) is 4.48. The van der Waals surface area contributed by atoms with E-state index in [4.69, 9.17) is 5.73 Å². The number of halogens is 2. The lowest BCUT2D eigenvalue weighted by Crippen LogP contribution is -2.37. The van der Waals surface area contributed by atoms with Gasteiger partial charge in [-0.3, -0.25) is 0 Å². The Bertz CT molecular complexity index is 618. The molecular weight excluding hydrogens is 268 g/mol. The molecule has 0 aliphatic heterocycles. The van der Waals surface area contributed by atoms with Crippen LogP contribution in [0.5, 0.6) is 0 Å². The molecule has 2 N–H and O–H groups in total. The van der Waals surface area contributed by atoms with Gasteiger partial charge in [-0.25, -0.2) is 8.78 Å². The van der Waals surface area contributed by atoms with Gasteiger partial charge >= 0.3 is 0 Å². The maximum atomic E-state index is 14.1. The zero-order valence-corrected chi connectivity index (χ0v) is 11.9. The fraction of sp³-hybridized carbons (Fsp3) is 0.333. The third-order valence-electron chi connectivity index (χ3n) is 4.73. The van der Waals surface area contributed by atoms with Crippen molar-refractivity contribution in [2.75, 3.05) is 0 Å². The molecule has 1 aliphatic rings. The van der Waals surface area contributed by atoms with Gasteiger partial charge in [-0.1, -0.05) is 43.2 Å². The van der Waals surface area contributed by atoms with Crippen molar-refractivity contribution in [2.24, 2.45) is 5.73 Å². The fourth-order valence-corrected chi connectivity index (χ4v) is 3.61. The van der Waals surface area contributed by atoms with Crippen molar-refractivity contribution in [3.63, 3.8) is 0 Å². The second-order valence-corrected chi connectivity index (χ2v) is 5.87. The Balaban J connectivity index is 2.07. The van der Waals surface area contributed by atoms with Crippen LogP contribution in [0.3, 0.4) is 0 Å². The Hall–Kier alpha value is -1.74.